The molecule has 1 rings (SSSR count). The Morgan fingerprint density at radius 3 is 2.31 bits per heavy atom. The van der Waals surface area contributed by atoms with Gasteiger partial charge in [0.1, 0.15) is 0 Å². The number of aliphatic hydroxyl groups is 1. The van der Waals surface area contributed by atoms with Gasteiger partial charge in [0.2, 0.25) is 0 Å². The summed E-state index contributed by atoms with van der Waals surface area (Å²) in [4.78, 5) is 25.1. The smallest absolute Gasteiger partial charge is 0.185 e. The second kappa shape index (κ2) is 12.9. The summed E-state index contributed by atoms with van der Waals surface area (Å²) in [6.45, 7) is -1.94. The monoisotopic (exact) mass is 454 g/mol. The molecule has 0 heterocycles. The topological polar surface area (TPSA) is 54.4 Å². The number of ketones is 2. The van der Waals surface area contributed by atoms with Crippen LogP contribution >= 0.6 is 0 Å². The van der Waals surface area contributed by atoms with Crippen LogP contribution in [0.2, 0.25) is 0 Å². The van der Waals surface area contributed by atoms with Crippen molar-refractivity contribution in [2.24, 2.45) is 0 Å². The quantitative estimate of drug-likeness (QED) is 0.245. The van der Waals surface area contributed by atoms with Crippen LogP contribution in [0.5, 0.6) is 0 Å². The third kappa shape index (κ3) is 9.24. The highest BCUT2D eigenvalue weighted by Gasteiger charge is 2.29. The molecule has 0 fully saturated rings. The van der Waals surface area contributed by atoms with Crippen LogP contribution < -0.4 is 0 Å². The van der Waals surface area contributed by atoms with E-state index in [1.165, 1.54) is 0 Å². The Morgan fingerprint density at radius 2 is 1.66 bits per heavy atom. The molecule has 0 aromatic carbocycles. The van der Waals surface area contributed by atoms with E-state index < -0.39 is 56.1 Å². The lowest BCUT2D eigenvalue weighted by atomic mass is 9.82. The summed E-state index contributed by atoms with van der Waals surface area (Å²) in [7, 11) is 0. The predicted molar refractivity (Wildman–Crippen MR) is 136 cm³/mol. The number of allylic oxidation sites excluding steroid dienone is 10. The Hall–Kier alpha value is -2.00. The number of rotatable bonds is 12. The molecule has 0 saturated heterocycles. The molecular formula is C29H44O3. The molecular weight excluding hydrogens is 396 g/mol. The van der Waals surface area contributed by atoms with Gasteiger partial charge in [0.15, 0.2) is 11.6 Å². The molecule has 0 amide bonds. The minimum absolute atomic E-state index is 0.0691. The third-order valence-corrected chi connectivity index (χ3v) is 5.67. The molecule has 178 valence electrons. The van der Waals surface area contributed by atoms with E-state index in [0.29, 0.717) is 35.1 Å². The molecule has 0 spiro atoms. The normalized spacial score (nSPS) is 26.3. The Labute approximate surface area is 215 Å². The van der Waals surface area contributed by atoms with E-state index in [1.807, 2.05) is 0 Å². The number of carbonyl (C=O) groups excluding carboxylic acids is 2. The summed E-state index contributed by atoms with van der Waals surface area (Å²) in [5, 5.41) is 10.9. The number of hydrogen-bond acceptors (Lipinski definition) is 3. The van der Waals surface area contributed by atoms with Crippen molar-refractivity contribution in [3.05, 3.63) is 57.2 Å². The van der Waals surface area contributed by atoms with Crippen molar-refractivity contribution in [3.63, 3.8) is 0 Å². The van der Waals surface area contributed by atoms with Gasteiger partial charge in [0, 0.05) is 40.1 Å². The summed E-state index contributed by atoms with van der Waals surface area (Å²) in [5.41, 5.74) is -1.44. The lowest BCUT2D eigenvalue weighted by molar-refractivity contribution is -0.116. The zero-order chi connectivity index (χ0) is 36.4. The van der Waals surface area contributed by atoms with E-state index >= 15 is 0 Å². The van der Waals surface area contributed by atoms with Gasteiger partial charge in [-0.3, -0.25) is 9.59 Å². The van der Waals surface area contributed by atoms with E-state index in [2.05, 4.69) is 0 Å². The van der Waals surface area contributed by atoms with E-state index in [9.17, 15) is 14.7 Å². The summed E-state index contributed by atoms with van der Waals surface area (Å²) in [6, 6.07) is -1.66. The summed E-state index contributed by atoms with van der Waals surface area (Å²) in [5.74, 6) is -0.383. The molecule has 0 aliphatic heterocycles. The number of hydrogen-bond donors (Lipinski definition) is 1. The Bertz CT molecular complexity index is 1330. The average molecular weight is 455 g/mol. The van der Waals surface area contributed by atoms with Crippen LogP contribution in [0.3, 0.4) is 0 Å². The summed E-state index contributed by atoms with van der Waals surface area (Å²) < 4.78 is 110. The van der Waals surface area contributed by atoms with Crippen molar-refractivity contribution in [3.8, 4) is 0 Å². The van der Waals surface area contributed by atoms with Crippen molar-refractivity contribution >= 4 is 11.6 Å². The lowest BCUT2D eigenvalue weighted by Crippen LogP contribution is -2.26. The van der Waals surface area contributed by atoms with Crippen LogP contribution in [0.25, 0.3) is 0 Å². The largest absolute Gasteiger partial charge is 0.390 e. The van der Waals surface area contributed by atoms with Gasteiger partial charge < -0.3 is 5.11 Å². The molecule has 32 heavy (non-hydrogen) atoms. The van der Waals surface area contributed by atoms with Crippen molar-refractivity contribution in [1.29, 1.82) is 0 Å². The molecule has 3 nitrogen and oxygen atoms in total. The first-order valence-corrected chi connectivity index (χ1v) is 10.7. The van der Waals surface area contributed by atoms with Gasteiger partial charge in [-0.25, -0.2) is 0 Å². The number of carbonyl (C=O) groups is 2. The molecule has 0 saturated carbocycles. The van der Waals surface area contributed by atoms with Crippen molar-refractivity contribution < 1.29 is 33.9 Å². The first-order valence-electron chi connectivity index (χ1n) is 17.7. The molecule has 0 bridgehead atoms. The van der Waals surface area contributed by atoms with Crippen LogP contribution in [0.1, 0.15) is 126 Å². The van der Waals surface area contributed by atoms with Gasteiger partial charge in [0.25, 0.3) is 0 Å². The molecule has 1 atom stereocenters. The Morgan fingerprint density at radius 1 is 1.00 bits per heavy atom. The lowest BCUT2D eigenvalue weighted by Gasteiger charge is -2.25. The van der Waals surface area contributed by atoms with E-state index in [4.69, 9.17) is 19.2 Å². The van der Waals surface area contributed by atoms with Crippen LogP contribution in [-0.4, -0.2) is 22.3 Å². The van der Waals surface area contributed by atoms with Gasteiger partial charge in [-0.15, -0.1) is 0 Å². The minimum Gasteiger partial charge on any atom is -0.390 e. The first kappa shape index (κ1) is 13.0. The maximum Gasteiger partial charge on any atom is 0.185 e. The van der Waals surface area contributed by atoms with E-state index in [-0.39, 0.29) is 37.2 Å². The third-order valence-electron chi connectivity index (χ3n) is 5.67. The van der Waals surface area contributed by atoms with Gasteiger partial charge in [-0.2, -0.15) is 0 Å². The SMILES string of the molecule is [2H]C(=C(C([2H])([2H])[2H])C([2H])([2H])[2H])C([2H])([2H])C([2H])([2H])/C(=C/CC/C(C)=C/CC[C@@](C)(O)CCC1=C(C)C(=O)C(C)=C(C)C1=O)C([2H])([2H])[2H]. The van der Waals surface area contributed by atoms with Gasteiger partial charge in [0.05, 0.1) is 6.97 Å². The van der Waals surface area contributed by atoms with E-state index in [0.717, 1.165) is 11.6 Å². The molecule has 1 aliphatic rings. The minimum atomic E-state index is -3.63. The van der Waals surface area contributed by atoms with Crippen molar-refractivity contribution in [1.82, 2.24) is 0 Å². The number of Topliss-reactive ketones (excluding diaryl/α,β-unsaturated/α-hetero) is 2. The highest BCUT2D eigenvalue weighted by atomic mass is 16.3. The summed E-state index contributed by atoms with van der Waals surface area (Å²) in [6.07, 6.45) is -3.02. The van der Waals surface area contributed by atoms with Gasteiger partial charge in [-0.1, -0.05) is 34.9 Å². The second-order valence-corrected chi connectivity index (χ2v) is 8.50. The fourth-order valence-corrected chi connectivity index (χ4v) is 3.36. The molecule has 1 N–H and O–H groups in total. The zero-order valence-electron chi connectivity index (χ0n) is 33.7. The molecule has 0 radical (unpaired) electrons. The maximum absolute atomic E-state index is 12.7. The van der Waals surface area contributed by atoms with E-state index in [1.54, 1.807) is 40.7 Å². The molecule has 0 aromatic heterocycles. The van der Waals surface area contributed by atoms with Crippen molar-refractivity contribution in [2.45, 2.75) is 112 Å². The second-order valence-electron chi connectivity index (χ2n) is 8.50. The fourth-order valence-electron chi connectivity index (χ4n) is 3.36. The maximum atomic E-state index is 12.7. The Kier molecular flexibility index (Phi) is 5.25. The average Bonchev–Trinajstić information content (AvgIpc) is 2.85. The van der Waals surface area contributed by atoms with Crippen LogP contribution in [0, 0.1) is 0 Å². The highest BCUT2D eigenvalue weighted by Crippen LogP contribution is 2.30. The van der Waals surface area contributed by atoms with Crippen LogP contribution in [-0.2, 0) is 9.59 Å². The van der Waals surface area contributed by atoms with Crippen LogP contribution in [0.15, 0.2) is 57.2 Å². The van der Waals surface area contributed by atoms with Gasteiger partial charge >= 0.3 is 0 Å². The van der Waals surface area contributed by atoms with Crippen molar-refractivity contribution in [2.75, 3.05) is 0 Å². The van der Waals surface area contributed by atoms with Crippen LogP contribution in [0.4, 0.5) is 0 Å². The first-order chi connectivity index (χ1) is 20.4. The molecule has 1 aliphatic carbocycles. The highest BCUT2D eigenvalue weighted by molar-refractivity contribution is 6.24. The molecule has 3 heteroatoms. The zero-order valence-corrected chi connectivity index (χ0v) is 19.7. The summed E-state index contributed by atoms with van der Waals surface area (Å²) >= 11 is 0. The predicted octanol–water partition coefficient (Wildman–Crippen LogP) is 7.52. The molecule has 0 unspecified atom stereocenters. The molecule has 0 aromatic rings. The fraction of sp³-hybridized carbons (Fsp3) is 0.586. The van der Waals surface area contributed by atoms with Gasteiger partial charge in [-0.05, 0) is 106 Å². The Balaban J connectivity index is 3.10. The standard InChI is InChI=1S/C29H44O3/c1-20(2)12-9-13-21(3)14-10-15-22(4)16-11-18-29(8,32)19-17-26-25(7)27(30)23(5)24(6)28(26)31/h12,14,16,32H,9-11,13,15,17-19H2,1-8H3/b21-14+,22-16+/t29-/m1/s1/i1D3,2D3,3D3,9D2,12D,13D2.